The number of carbonyl (C=O) groups excluding carboxylic acids is 1. The van der Waals surface area contributed by atoms with Crippen LogP contribution in [0.1, 0.15) is 16.7 Å². The zero-order chi connectivity index (χ0) is 28.9. The van der Waals surface area contributed by atoms with Gasteiger partial charge in [-0.15, -0.1) is 0 Å². The molecule has 6 rings (SSSR count). The SMILES string of the molecule is COc1cccc(NC(=O)N2CCN(c3nc(NCc4ccc(C)cc4)c4ncn(Cc5ccccc5)c4n3)CC2)c1. The Kier molecular flexibility index (Phi) is 7.85. The Morgan fingerprint density at radius 2 is 1.69 bits per heavy atom. The molecule has 0 saturated carbocycles. The number of benzene rings is 3. The van der Waals surface area contributed by atoms with Crippen molar-refractivity contribution >= 4 is 34.6 Å². The molecule has 2 amide bonds. The van der Waals surface area contributed by atoms with Crippen molar-refractivity contribution < 1.29 is 9.53 Å². The van der Waals surface area contributed by atoms with Crippen molar-refractivity contribution in [3.63, 3.8) is 0 Å². The number of aromatic nitrogens is 4. The lowest BCUT2D eigenvalue weighted by molar-refractivity contribution is 0.208. The lowest BCUT2D eigenvalue weighted by Gasteiger charge is -2.34. The van der Waals surface area contributed by atoms with Crippen LogP contribution in [0.3, 0.4) is 0 Å². The Morgan fingerprint density at radius 3 is 2.45 bits per heavy atom. The number of imidazole rings is 1. The van der Waals surface area contributed by atoms with Gasteiger partial charge in [0, 0.05) is 44.5 Å². The minimum Gasteiger partial charge on any atom is -0.497 e. The van der Waals surface area contributed by atoms with Gasteiger partial charge in [0.25, 0.3) is 0 Å². The molecule has 1 fully saturated rings. The highest BCUT2D eigenvalue weighted by molar-refractivity contribution is 5.90. The van der Waals surface area contributed by atoms with Gasteiger partial charge in [-0.05, 0) is 30.2 Å². The Balaban J connectivity index is 1.21. The molecule has 3 aromatic carbocycles. The molecule has 214 valence electrons. The van der Waals surface area contributed by atoms with E-state index in [9.17, 15) is 4.79 Å². The van der Waals surface area contributed by atoms with Gasteiger partial charge in [0.15, 0.2) is 17.0 Å². The standard InChI is InChI=1S/C32H34N8O2/c1-23-11-13-24(14-12-23)20-33-29-28-30(40(22-34-28)21-25-7-4-3-5-8-25)37-31(36-29)38-15-17-39(18-16-38)32(41)35-26-9-6-10-27(19-26)42-2/h3-14,19,22H,15-18,20-21H2,1-2H3,(H,35,41)(H,33,36,37). The Bertz CT molecular complexity index is 1660. The molecule has 42 heavy (non-hydrogen) atoms. The van der Waals surface area contributed by atoms with Crippen molar-refractivity contribution in [2.75, 3.05) is 48.8 Å². The zero-order valence-corrected chi connectivity index (χ0v) is 23.8. The van der Waals surface area contributed by atoms with Crippen molar-refractivity contribution in [2.24, 2.45) is 0 Å². The molecular weight excluding hydrogens is 528 g/mol. The van der Waals surface area contributed by atoms with E-state index < -0.39 is 0 Å². The van der Waals surface area contributed by atoms with Gasteiger partial charge in [-0.2, -0.15) is 9.97 Å². The Labute approximate surface area is 245 Å². The number of aryl methyl sites for hydroxylation is 1. The highest BCUT2D eigenvalue weighted by atomic mass is 16.5. The molecule has 10 nitrogen and oxygen atoms in total. The summed E-state index contributed by atoms with van der Waals surface area (Å²) in [6.45, 7) is 5.68. The summed E-state index contributed by atoms with van der Waals surface area (Å²) < 4.78 is 7.33. The fourth-order valence-electron chi connectivity index (χ4n) is 5.00. The third-order valence-corrected chi connectivity index (χ3v) is 7.40. The van der Waals surface area contributed by atoms with Crippen molar-refractivity contribution in [3.05, 3.63) is 102 Å². The summed E-state index contributed by atoms with van der Waals surface area (Å²) in [6.07, 6.45) is 1.83. The van der Waals surface area contributed by atoms with Crippen LogP contribution >= 0.6 is 0 Å². The van der Waals surface area contributed by atoms with Crippen LogP contribution in [0.5, 0.6) is 5.75 Å². The van der Waals surface area contributed by atoms with Crippen LogP contribution in [0.15, 0.2) is 85.2 Å². The van der Waals surface area contributed by atoms with E-state index in [0.717, 1.165) is 16.7 Å². The van der Waals surface area contributed by atoms with Crippen molar-refractivity contribution in [1.82, 2.24) is 24.4 Å². The summed E-state index contributed by atoms with van der Waals surface area (Å²) >= 11 is 0. The lowest BCUT2D eigenvalue weighted by Crippen LogP contribution is -2.50. The molecule has 5 aromatic rings. The van der Waals surface area contributed by atoms with Crippen LogP contribution in [0, 0.1) is 6.92 Å². The molecule has 10 heteroatoms. The minimum atomic E-state index is -0.138. The first-order valence-electron chi connectivity index (χ1n) is 14.1. The second-order valence-electron chi connectivity index (χ2n) is 10.4. The van der Waals surface area contributed by atoms with Crippen LogP contribution < -0.4 is 20.3 Å². The summed E-state index contributed by atoms with van der Waals surface area (Å²) in [5.74, 6) is 2.01. The van der Waals surface area contributed by atoms with Crippen LogP contribution in [0.25, 0.3) is 11.2 Å². The maximum atomic E-state index is 13.0. The molecule has 0 bridgehead atoms. The fourth-order valence-corrected chi connectivity index (χ4v) is 5.00. The van der Waals surface area contributed by atoms with Crippen LogP contribution in [-0.2, 0) is 13.1 Å². The quantitative estimate of drug-likeness (QED) is 0.270. The monoisotopic (exact) mass is 562 g/mol. The second-order valence-corrected chi connectivity index (χ2v) is 10.4. The number of piperazine rings is 1. The van der Waals surface area contributed by atoms with Gasteiger partial charge in [-0.3, -0.25) is 0 Å². The van der Waals surface area contributed by atoms with Gasteiger partial charge >= 0.3 is 6.03 Å². The number of anilines is 3. The molecule has 1 saturated heterocycles. The number of urea groups is 1. The minimum absolute atomic E-state index is 0.138. The molecule has 0 unspecified atom stereocenters. The van der Waals surface area contributed by atoms with Gasteiger partial charge in [-0.25, -0.2) is 9.78 Å². The average Bonchev–Trinajstić information content (AvgIpc) is 3.43. The van der Waals surface area contributed by atoms with Crippen molar-refractivity contribution in [3.8, 4) is 5.75 Å². The third-order valence-electron chi connectivity index (χ3n) is 7.40. The van der Waals surface area contributed by atoms with Gasteiger partial charge < -0.3 is 29.7 Å². The molecule has 1 aliphatic rings. The van der Waals surface area contributed by atoms with Gasteiger partial charge in [0.05, 0.1) is 20.0 Å². The molecule has 0 spiro atoms. The second kappa shape index (κ2) is 12.2. The zero-order valence-electron chi connectivity index (χ0n) is 23.8. The van der Waals surface area contributed by atoms with Crippen LogP contribution in [0.2, 0.25) is 0 Å². The van der Waals surface area contributed by atoms with E-state index in [0.29, 0.717) is 62.5 Å². The number of hydrogen-bond donors (Lipinski definition) is 2. The number of amides is 2. The normalized spacial score (nSPS) is 13.3. The van der Waals surface area contributed by atoms with Gasteiger partial charge in [-0.1, -0.05) is 66.2 Å². The largest absolute Gasteiger partial charge is 0.497 e. The van der Waals surface area contributed by atoms with E-state index in [1.807, 2.05) is 47.6 Å². The third kappa shape index (κ3) is 6.12. The van der Waals surface area contributed by atoms with Gasteiger partial charge in [0.2, 0.25) is 5.95 Å². The lowest BCUT2D eigenvalue weighted by atomic mass is 10.1. The number of carbonyl (C=O) groups is 1. The maximum Gasteiger partial charge on any atom is 0.321 e. The summed E-state index contributed by atoms with van der Waals surface area (Å²) in [7, 11) is 1.61. The van der Waals surface area contributed by atoms with E-state index in [1.54, 1.807) is 13.2 Å². The summed E-state index contributed by atoms with van der Waals surface area (Å²) in [4.78, 5) is 31.5. The number of nitrogens with zero attached hydrogens (tertiary/aromatic N) is 6. The summed E-state index contributed by atoms with van der Waals surface area (Å²) in [5, 5.41) is 6.48. The van der Waals surface area contributed by atoms with Crippen LogP contribution in [-0.4, -0.2) is 63.7 Å². The Morgan fingerprint density at radius 1 is 0.905 bits per heavy atom. The smallest absolute Gasteiger partial charge is 0.321 e. The topological polar surface area (TPSA) is 100 Å². The number of fused-ring (bicyclic) bond motifs is 1. The van der Waals surface area contributed by atoms with E-state index in [2.05, 4.69) is 63.4 Å². The van der Waals surface area contributed by atoms with E-state index in [4.69, 9.17) is 19.7 Å². The first kappa shape index (κ1) is 27.1. The molecule has 0 atom stereocenters. The molecule has 0 radical (unpaired) electrons. The van der Waals surface area contributed by atoms with Crippen molar-refractivity contribution in [2.45, 2.75) is 20.0 Å². The summed E-state index contributed by atoms with van der Waals surface area (Å²) in [6, 6.07) is 25.9. The van der Waals surface area contributed by atoms with Crippen molar-refractivity contribution in [1.29, 1.82) is 0 Å². The summed E-state index contributed by atoms with van der Waals surface area (Å²) in [5.41, 5.74) is 5.76. The Hall–Kier alpha value is -5.12. The number of nitrogens with one attached hydrogen (secondary N) is 2. The van der Waals surface area contributed by atoms with Crippen LogP contribution in [0.4, 0.5) is 22.2 Å². The van der Waals surface area contributed by atoms with Gasteiger partial charge in [0.1, 0.15) is 5.75 Å². The van der Waals surface area contributed by atoms with E-state index >= 15 is 0 Å². The van der Waals surface area contributed by atoms with E-state index in [-0.39, 0.29) is 6.03 Å². The molecule has 2 N–H and O–H groups in total. The molecule has 1 aliphatic heterocycles. The molecule has 2 aromatic heterocycles. The molecular formula is C32H34N8O2. The maximum absolute atomic E-state index is 13.0. The predicted octanol–water partition coefficient (Wildman–Crippen LogP) is 5.16. The number of ether oxygens (including phenoxy) is 1. The molecule has 0 aliphatic carbocycles. The molecule has 3 heterocycles. The number of rotatable bonds is 8. The average molecular weight is 563 g/mol. The number of hydrogen-bond acceptors (Lipinski definition) is 7. The number of methoxy groups -OCH3 is 1. The fraction of sp³-hybridized carbons (Fsp3) is 0.250. The predicted molar refractivity (Wildman–Crippen MR) is 165 cm³/mol. The first-order valence-corrected chi connectivity index (χ1v) is 14.1. The van der Waals surface area contributed by atoms with E-state index in [1.165, 1.54) is 11.1 Å². The highest BCUT2D eigenvalue weighted by Gasteiger charge is 2.25. The highest BCUT2D eigenvalue weighted by Crippen LogP contribution is 2.25. The first-order chi connectivity index (χ1) is 20.6.